The summed E-state index contributed by atoms with van der Waals surface area (Å²) in [7, 11) is 0. The van der Waals surface area contributed by atoms with Crippen molar-refractivity contribution in [2.24, 2.45) is 0 Å². The summed E-state index contributed by atoms with van der Waals surface area (Å²) in [5, 5.41) is 11.6. The Morgan fingerprint density at radius 2 is 2.10 bits per heavy atom. The number of carbonyl (C=O) groups is 1. The van der Waals surface area contributed by atoms with Crippen LogP contribution in [0.3, 0.4) is 0 Å². The minimum atomic E-state index is -0.875. The van der Waals surface area contributed by atoms with Crippen LogP contribution in [0.25, 0.3) is 5.52 Å². The van der Waals surface area contributed by atoms with Crippen LogP contribution >= 0.6 is 0 Å². The number of hydrogen-bond donors (Lipinski definition) is 3. The molecule has 8 nitrogen and oxygen atoms in total. The Hall–Kier alpha value is -3.24. The third kappa shape index (κ3) is 3.71. The van der Waals surface area contributed by atoms with Gasteiger partial charge in [0.25, 0.3) is 5.91 Å². The zero-order valence-electron chi connectivity index (χ0n) is 15.4. The molecule has 29 heavy (non-hydrogen) atoms. The van der Waals surface area contributed by atoms with Crippen LogP contribution in [0.2, 0.25) is 0 Å². The fourth-order valence-electron chi connectivity index (χ4n) is 3.11. The highest BCUT2D eigenvalue weighted by Crippen LogP contribution is 2.32. The second-order valence-electron chi connectivity index (χ2n) is 6.55. The number of nitrogens with zero attached hydrogens (tertiary/aromatic N) is 3. The lowest BCUT2D eigenvalue weighted by Gasteiger charge is -2.33. The van der Waals surface area contributed by atoms with Gasteiger partial charge in [0, 0.05) is 25.0 Å². The maximum absolute atomic E-state index is 14.7. The normalized spacial score (nSPS) is 13.4. The van der Waals surface area contributed by atoms with Gasteiger partial charge in [0.1, 0.15) is 11.4 Å². The highest BCUT2D eigenvalue weighted by molar-refractivity contribution is 6.03. The molecular weight excluding hydrogens is 384 g/mol. The molecule has 0 aliphatic carbocycles. The van der Waals surface area contributed by atoms with Gasteiger partial charge >= 0.3 is 0 Å². The standard InChI is InChI=1S/C19H19F2N5O3/c20-13-8-12(25-4-1-5-25)2-3-15(13)23-18-16-9-22-11-26(16)10-14(21)17(18)19(28)24-29-7-6-27/h2-3,8-11,23,27H,1,4-7H2,(H,24,28). The first-order valence-electron chi connectivity index (χ1n) is 9.07. The van der Waals surface area contributed by atoms with Crippen molar-refractivity contribution in [1.29, 1.82) is 0 Å². The van der Waals surface area contributed by atoms with Crippen molar-refractivity contribution in [3.8, 4) is 0 Å². The molecular formula is C19H19F2N5O3. The summed E-state index contributed by atoms with van der Waals surface area (Å²) < 4.78 is 30.8. The molecule has 0 atom stereocenters. The number of benzene rings is 1. The van der Waals surface area contributed by atoms with Crippen molar-refractivity contribution >= 4 is 28.5 Å². The molecule has 1 aliphatic rings. The number of hydrogen-bond acceptors (Lipinski definition) is 6. The van der Waals surface area contributed by atoms with Crippen LogP contribution < -0.4 is 15.7 Å². The molecule has 1 saturated heterocycles. The predicted molar refractivity (Wildman–Crippen MR) is 102 cm³/mol. The number of carbonyl (C=O) groups excluding carboxylic acids is 1. The fourth-order valence-corrected chi connectivity index (χ4v) is 3.11. The van der Waals surface area contributed by atoms with Gasteiger partial charge in [-0.2, -0.15) is 0 Å². The molecule has 1 aromatic carbocycles. The summed E-state index contributed by atoms with van der Waals surface area (Å²) in [4.78, 5) is 23.3. The van der Waals surface area contributed by atoms with E-state index in [2.05, 4.69) is 15.8 Å². The number of amides is 1. The number of halogens is 2. The van der Waals surface area contributed by atoms with Gasteiger partial charge in [-0.3, -0.25) is 9.63 Å². The third-order valence-electron chi connectivity index (χ3n) is 4.68. The molecule has 3 aromatic rings. The first-order valence-corrected chi connectivity index (χ1v) is 9.07. The molecule has 0 radical (unpaired) electrons. The van der Waals surface area contributed by atoms with Gasteiger partial charge in [-0.05, 0) is 24.6 Å². The van der Waals surface area contributed by atoms with Crippen LogP contribution in [-0.2, 0) is 4.84 Å². The lowest BCUT2D eigenvalue weighted by molar-refractivity contribution is 0.0166. The summed E-state index contributed by atoms with van der Waals surface area (Å²) in [6, 6.07) is 4.71. The van der Waals surface area contributed by atoms with Crippen LogP contribution in [0.4, 0.5) is 25.8 Å². The van der Waals surface area contributed by atoms with E-state index >= 15 is 0 Å². The Balaban J connectivity index is 1.71. The van der Waals surface area contributed by atoms with Crippen LogP contribution in [0, 0.1) is 11.6 Å². The number of fused-ring (bicyclic) bond motifs is 1. The number of aliphatic hydroxyl groups excluding tert-OH is 1. The zero-order chi connectivity index (χ0) is 20.4. The molecule has 0 bridgehead atoms. The summed E-state index contributed by atoms with van der Waals surface area (Å²) >= 11 is 0. The molecule has 1 amide bonds. The topological polar surface area (TPSA) is 91.1 Å². The van der Waals surface area contributed by atoms with E-state index in [4.69, 9.17) is 9.94 Å². The maximum Gasteiger partial charge on any atom is 0.280 e. The van der Waals surface area contributed by atoms with Gasteiger partial charge in [0.05, 0.1) is 42.6 Å². The molecule has 1 fully saturated rings. The van der Waals surface area contributed by atoms with Gasteiger partial charge in [-0.25, -0.2) is 19.2 Å². The maximum atomic E-state index is 14.7. The molecule has 2 aromatic heterocycles. The Morgan fingerprint density at radius 1 is 1.28 bits per heavy atom. The van der Waals surface area contributed by atoms with Crippen LogP contribution in [-0.4, -0.2) is 46.7 Å². The largest absolute Gasteiger partial charge is 0.394 e. The molecule has 3 heterocycles. The fraction of sp³-hybridized carbons (Fsp3) is 0.263. The average molecular weight is 403 g/mol. The van der Waals surface area contributed by atoms with Crippen molar-refractivity contribution in [3.05, 3.63) is 54.1 Å². The van der Waals surface area contributed by atoms with Gasteiger partial charge in [0.2, 0.25) is 0 Å². The predicted octanol–water partition coefficient (Wildman–Crippen LogP) is 2.22. The lowest BCUT2D eigenvalue weighted by Crippen LogP contribution is -2.36. The van der Waals surface area contributed by atoms with E-state index in [1.54, 1.807) is 12.1 Å². The van der Waals surface area contributed by atoms with Crippen molar-refractivity contribution in [3.63, 3.8) is 0 Å². The van der Waals surface area contributed by atoms with Crippen molar-refractivity contribution in [1.82, 2.24) is 14.9 Å². The highest BCUT2D eigenvalue weighted by atomic mass is 19.1. The van der Waals surface area contributed by atoms with Gasteiger partial charge in [-0.1, -0.05) is 0 Å². The van der Waals surface area contributed by atoms with Crippen LogP contribution in [0.1, 0.15) is 16.8 Å². The summed E-state index contributed by atoms with van der Waals surface area (Å²) in [5.41, 5.74) is 2.99. The van der Waals surface area contributed by atoms with E-state index in [1.165, 1.54) is 23.0 Å². The molecule has 152 valence electrons. The first kappa shape index (κ1) is 19.1. The van der Waals surface area contributed by atoms with E-state index in [0.717, 1.165) is 31.4 Å². The molecule has 4 rings (SSSR count). The minimum absolute atomic E-state index is 0.0446. The van der Waals surface area contributed by atoms with Crippen LogP contribution in [0.5, 0.6) is 0 Å². The smallest absolute Gasteiger partial charge is 0.280 e. The summed E-state index contributed by atoms with van der Waals surface area (Å²) in [5.74, 6) is -2.25. The Morgan fingerprint density at radius 3 is 2.79 bits per heavy atom. The van der Waals surface area contributed by atoms with E-state index in [0.29, 0.717) is 5.52 Å². The third-order valence-corrected chi connectivity index (χ3v) is 4.68. The number of hydroxylamine groups is 1. The second-order valence-corrected chi connectivity index (χ2v) is 6.55. The molecule has 3 N–H and O–H groups in total. The molecule has 0 unspecified atom stereocenters. The quantitative estimate of drug-likeness (QED) is 0.414. The molecule has 0 saturated carbocycles. The van der Waals surface area contributed by atoms with Gasteiger partial charge < -0.3 is 19.7 Å². The number of pyridine rings is 1. The SMILES string of the molecule is O=C(NOCCO)c1c(F)cn2cncc2c1Nc1ccc(N2CCC2)cc1F. The Kier molecular flexibility index (Phi) is 5.28. The average Bonchev–Trinajstić information content (AvgIpc) is 3.10. The van der Waals surface area contributed by atoms with Crippen LogP contribution in [0.15, 0.2) is 36.9 Å². The lowest BCUT2D eigenvalue weighted by atomic mass is 10.1. The molecule has 0 spiro atoms. The second kappa shape index (κ2) is 8.02. The number of anilines is 3. The van der Waals surface area contributed by atoms with E-state index in [-0.39, 0.29) is 30.2 Å². The van der Waals surface area contributed by atoms with Crippen molar-refractivity contribution < 1.29 is 23.5 Å². The van der Waals surface area contributed by atoms with E-state index < -0.39 is 17.5 Å². The van der Waals surface area contributed by atoms with E-state index in [9.17, 15) is 13.6 Å². The first-order chi connectivity index (χ1) is 14.1. The number of aromatic nitrogens is 2. The van der Waals surface area contributed by atoms with Gasteiger partial charge in [0.15, 0.2) is 5.82 Å². The van der Waals surface area contributed by atoms with Crippen molar-refractivity contribution in [2.75, 3.05) is 36.5 Å². The van der Waals surface area contributed by atoms with Gasteiger partial charge in [-0.15, -0.1) is 0 Å². The highest BCUT2D eigenvalue weighted by Gasteiger charge is 2.23. The van der Waals surface area contributed by atoms with Crippen molar-refractivity contribution in [2.45, 2.75) is 6.42 Å². The number of aliphatic hydroxyl groups is 1. The van der Waals surface area contributed by atoms with E-state index in [1.807, 2.05) is 4.90 Å². The number of rotatable bonds is 7. The summed E-state index contributed by atoms with van der Waals surface area (Å²) in [6.07, 6.45) is 4.97. The number of imidazole rings is 1. The Bertz CT molecular complexity index is 1050. The number of nitrogens with one attached hydrogen (secondary N) is 2. The summed E-state index contributed by atoms with van der Waals surface area (Å²) in [6.45, 7) is 1.29. The zero-order valence-corrected chi connectivity index (χ0v) is 15.4. The monoisotopic (exact) mass is 403 g/mol. The molecule has 1 aliphatic heterocycles. The molecule has 10 heteroatoms. The Labute approximate surface area is 164 Å². The minimum Gasteiger partial charge on any atom is -0.394 e.